The molecule has 5 nitrogen and oxygen atoms in total. The summed E-state index contributed by atoms with van der Waals surface area (Å²) in [6, 6.07) is 13.8. The minimum Gasteiger partial charge on any atom is -0.343 e. The molecule has 128 valence electrons. The zero-order valence-corrected chi connectivity index (χ0v) is 14.2. The van der Waals surface area contributed by atoms with Crippen LogP contribution >= 0.6 is 0 Å². The van der Waals surface area contributed by atoms with Gasteiger partial charge in [-0.05, 0) is 42.3 Å². The molecule has 1 amide bonds. The maximum absolute atomic E-state index is 13.0. The first-order valence-corrected chi connectivity index (χ1v) is 8.00. The van der Waals surface area contributed by atoms with E-state index in [9.17, 15) is 9.18 Å². The molecule has 0 unspecified atom stereocenters. The number of rotatable bonds is 5. The molecule has 0 N–H and O–H groups in total. The van der Waals surface area contributed by atoms with Gasteiger partial charge in [-0.3, -0.25) is 14.5 Å². The monoisotopic (exact) mass is 338 g/mol. The number of aromatic nitrogens is 3. The van der Waals surface area contributed by atoms with Crippen molar-refractivity contribution in [3.63, 3.8) is 0 Å². The van der Waals surface area contributed by atoms with E-state index in [2.05, 4.69) is 10.1 Å². The molecule has 3 rings (SSSR count). The molecule has 0 spiro atoms. The third kappa shape index (κ3) is 3.91. The number of carbonyl (C=O) groups is 1. The fraction of sp³-hybridized carbons (Fsp3) is 0.211. The molecule has 2 aromatic heterocycles. The summed E-state index contributed by atoms with van der Waals surface area (Å²) in [5, 5.41) is 4.45. The second-order valence-electron chi connectivity index (χ2n) is 5.93. The summed E-state index contributed by atoms with van der Waals surface area (Å²) >= 11 is 0. The fourth-order valence-corrected chi connectivity index (χ4v) is 2.53. The highest BCUT2D eigenvalue weighted by molar-refractivity contribution is 5.93. The first-order valence-electron chi connectivity index (χ1n) is 8.00. The first kappa shape index (κ1) is 16.8. The van der Waals surface area contributed by atoms with Crippen LogP contribution in [0.15, 0.2) is 54.7 Å². The zero-order chi connectivity index (χ0) is 17.8. The van der Waals surface area contributed by atoms with Gasteiger partial charge in [0.15, 0.2) is 5.69 Å². The highest BCUT2D eigenvalue weighted by atomic mass is 19.1. The zero-order valence-electron chi connectivity index (χ0n) is 14.2. The van der Waals surface area contributed by atoms with Crippen LogP contribution in [-0.4, -0.2) is 39.7 Å². The molecule has 0 aliphatic carbocycles. The number of aryl methyl sites for hydroxylation is 2. The van der Waals surface area contributed by atoms with Crippen molar-refractivity contribution in [3.05, 3.63) is 71.8 Å². The Kier molecular flexibility index (Phi) is 4.88. The Labute approximate surface area is 145 Å². The number of halogens is 1. The van der Waals surface area contributed by atoms with Crippen LogP contribution < -0.4 is 0 Å². The van der Waals surface area contributed by atoms with E-state index in [1.165, 1.54) is 17.0 Å². The van der Waals surface area contributed by atoms with Gasteiger partial charge < -0.3 is 4.90 Å². The van der Waals surface area contributed by atoms with E-state index in [0.717, 1.165) is 17.0 Å². The molecule has 0 saturated heterocycles. The minimum atomic E-state index is -0.254. The molecule has 0 bridgehead atoms. The van der Waals surface area contributed by atoms with Crippen LogP contribution in [0.4, 0.5) is 4.39 Å². The number of carbonyl (C=O) groups excluding carboxylic acids is 1. The van der Waals surface area contributed by atoms with Gasteiger partial charge in [0.1, 0.15) is 5.82 Å². The molecule has 6 heteroatoms. The third-order valence-electron chi connectivity index (χ3n) is 3.86. The minimum absolute atomic E-state index is 0.155. The van der Waals surface area contributed by atoms with Crippen molar-refractivity contribution >= 4 is 5.91 Å². The van der Waals surface area contributed by atoms with E-state index in [0.29, 0.717) is 18.7 Å². The summed E-state index contributed by atoms with van der Waals surface area (Å²) < 4.78 is 14.8. The summed E-state index contributed by atoms with van der Waals surface area (Å²) in [4.78, 5) is 18.1. The van der Waals surface area contributed by atoms with Crippen LogP contribution in [0.25, 0.3) is 11.4 Å². The number of pyridine rings is 1. The van der Waals surface area contributed by atoms with Crippen LogP contribution in [0, 0.1) is 5.82 Å². The van der Waals surface area contributed by atoms with Gasteiger partial charge in [0, 0.05) is 26.8 Å². The van der Waals surface area contributed by atoms with Crippen LogP contribution in [-0.2, 0) is 13.0 Å². The van der Waals surface area contributed by atoms with Crippen molar-refractivity contribution in [2.45, 2.75) is 13.0 Å². The number of nitrogens with zero attached hydrogens (tertiary/aromatic N) is 4. The predicted octanol–water partition coefficient (Wildman–Crippen LogP) is 3.03. The van der Waals surface area contributed by atoms with E-state index >= 15 is 0 Å². The highest BCUT2D eigenvalue weighted by Gasteiger charge is 2.17. The van der Waals surface area contributed by atoms with Crippen molar-refractivity contribution in [2.24, 2.45) is 0 Å². The maximum atomic E-state index is 13.0. The van der Waals surface area contributed by atoms with E-state index in [1.807, 2.05) is 18.2 Å². The molecule has 1 aromatic carbocycles. The van der Waals surface area contributed by atoms with Crippen molar-refractivity contribution in [1.82, 2.24) is 19.7 Å². The largest absolute Gasteiger partial charge is 0.343 e. The molecule has 0 fully saturated rings. The van der Waals surface area contributed by atoms with Gasteiger partial charge in [0.05, 0.1) is 11.4 Å². The Morgan fingerprint density at radius 2 is 1.92 bits per heavy atom. The molecular weight excluding hydrogens is 319 g/mol. The standard InChI is InChI=1S/C19H19FN4O/c1-23(2)19(25)17-13-18(16-5-3-4-11-21-16)24(22-17)12-10-14-6-8-15(20)9-7-14/h3-9,11,13H,10,12H2,1-2H3. The topological polar surface area (TPSA) is 51.0 Å². The van der Waals surface area contributed by atoms with Crippen molar-refractivity contribution < 1.29 is 9.18 Å². The molecule has 25 heavy (non-hydrogen) atoms. The number of benzene rings is 1. The Morgan fingerprint density at radius 1 is 1.16 bits per heavy atom. The molecule has 0 aliphatic heterocycles. The average Bonchev–Trinajstić information content (AvgIpc) is 3.05. The number of hydrogen-bond acceptors (Lipinski definition) is 3. The summed E-state index contributed by atoms with van der Waals surface area (Å²) in [6.07, 6.45) is 2.39. The Morgan fingerprint density at radius 3 is 2.56 bits per heavy atom. The molecule has 3 aromatic rings. The SMILES string of the molecule is CN(C)C(=O)c1cc(-c2ccccn2)n(CCc2ccc(F)cc2)n1. The summed E-state index contributed by atoms with van der Waals surface area (Å²) in [7, 11) is 3.39. The van der Waals surface area contributed by atoms with Gasteiger partial charge in [-0.2, -0.15) is 5.10 Å². The Hall–Kier alpha value is -3.02. The molecular formula is C19H19FN4O. The molecule has 2 heterocycles. The van der Waals surface area contributed by atoms with Crippen LogP contribution in [0.2, 0.25) is 0 Å². The van der Waals surface area contributed by atoms with Crippen molar-refractivity contribution in [1.29, 1.82) is 0 Å². The predicted molar refractivity (Wildman–Crippen MR) is 93.6 cm³/mol. The van der Waals surface area contributed by atoms with Crippen molar-refractivity contribution in [2.75, 3.05) is 14.1 Å². The summed E-state index contributed by atoms with van der Waals surface area (Å²) in [6.45, 7) is 0.568. The molecule has 0 atom stereocenters. The van der Waals surface area contributed by atoms with Crippen LogP contribution in [0.1, 0.15) is 16.1 Å². The smallest absolute Gasteiger partial charge is 0.273 e. The maximum Gasteiger partial charge on any atom is 0.273 e. The second-order valence-corrected chi connectivity index (χ2v) is 5.93. The lowest BCUT2D eigenvalue weighted by Crippen LogP contribution is -2.22. The van der Waals surface area contributed by atoms with E-state index in [1.54, 1.807) is 43.2 Å². The van der Waals surface area contributed by atoms with E-state index in [-0.39, 0.29) is 11.7 Å². The van der Waals surface area contributed by atoms with Gasteiger partial charge in [0.2, 0.25) is 0 Å². The quantitative estimate of drug-likeness (QED) is 0.718. The third-order valence-corrected chi connectivity index (χ3v) is 3.86. The first-order chi connectivity index (χ1) is 12.0. The van der Waals surface area contributed by atoms with Gasteiger partial charge in [-0.25, -0.2) is 4.39 Å². The van der Waals surface area contributed by atoms with Gasteiger partial charge in [-0.15, -0.1) is 0 Å². The highest BCUT2D eigenvalue weighted by Crippen LogP contribution is 2.19. The lowest BCUT2D eigenvalue weighted by atomic mass is 10.1. The molecule has 0 saturated carbocycles. The van der Waals surface area contributed by atoms with Crippen molar-refractivity contribution in [3.8, 4) is 11.4 Å². The van der Waals surface area contributed by atoms with Gasteiger partial charge in [-0.1, -0.05) is 18.2 Å². The second kappa shape index (κ2) is 7.25. The van der Waals surface area contributed by atoms with Gasteiger partial charge >= 0.3 is 0 Å². The Bertz CT molecular complexity index is 857. The Balaban J connectivity index is 1.90. The van der Waals surface area contributed by atoms with Crippen LogP contribution in [0.3, 0.4) is 0 Å². The fourth-order valence-electron chi connectivity index (χ4n) is 2.53. The normalized spacial score (nSPS) is 10.7. The molecule has 0 radical (unpaired) electrons. The van der Waals surface area contributed by atoms with E-state index < -0.39 is 0 Å². The number of hydrogen-bond donors (Lipinski definition) is 0. The van der Waals surface area contributed by atoms with E-state index in [4.69, 9.17) is 0 Å². The van der Waals surface area contributed by atoms with Gasteiger partial charge in [0.25, 0.3) is 5.91 Å². The number of amides is 1. The summed E-state index contributed by atoms with van der Waals surface area (Å²) in [5.74, 6) is -0.409. The lowest BCUT2D eigenvalue weighted by molar-refractivity contribution is 0.0821. The lowest BCUT2D eigenvalue weighted by Gasteiger charge is -2.08. The summed E-state index contributed by atoms with van der Waals surface area (Å²) in [5.41, 5.74) is 2.92. The molecule has 0 aliphatic rings. The van der Waals surface area contributed by atoms with Crippen LogP contribution in [0.5, 0.6) is 0 Å². The average molecular weight is 338 g/mol.